The molecule has 0 radical (unpaired) electrons. The molecule has 2 aromatic rings. The molecule has 0 bridgehead atoms. The zero-order chi connectivity index (χ0) is 18.3. The molecule has 0 atom stereocenters. The van der Waals surface area contributed by atoms with Crippen molar-refractivity contribution in [3.05, 3.63) is 59.7 Å². The lowest BCUT2D eigenvalue weighted by atomic mass is 10.1. The molecule has 0 saturated carbocycles. The van der Waals surface area contributed by atoms with Crippen LogP contribution in [0.3, 0.4) is 0 Å². The van der Waals surface area contributed by atoms with Gasteiger partial charge < -0.3 is 15.4 Å². The summed E-state index contributed by atoms with van der Waals surface area (Å²) >= 11 is 0. The predicted molar refractivity (Wildman–Crippen MR) is 98.8 cm³/mol. The van der Waals surface area contributed by atoms with Crippen LogP contribution in [0.25, 0.3) is 0 Å². The van der Waals surface area contributed by atoms with Crippen molar-refractivity contribution in [3.63, 3.8) is 0 Å². The molecule has 0 aliphatic heterocycles. The van der Waals surface area contributed by atoms with Crippen LogP contribution < -0.4 is 15.4 Å². The Labute approximate surface area is 148 Å². The van der Waals surface area contributed by atoms with Crippen LogP contribution in [-0.2, 0) is 16.4 Å². The Hall–Kier alpha value is -2.38. The minimum absolute atomic E-state index is 0.0981. The predicted octanol–water partition coefficient (Wildman–Crippen LogP) is 2.08. The van der Waals surface area contributed by atoms with Crippen LogP contribution in [0.15, 0.2) is 48.5 Å². The third-order valence-electron chi connectivity index (χ3n) is 3.52. The highest BCUT2D eigenvalue weighted by Gasteiger charge is 2.07. The van der Waals surface area contributed by atoms with Crippen LogP contribution in [0.5, 0.6) is 5.75 Å². The van der Waals surface area contributed by atoms with Gasteiger partial charge in [-0.05, 0) is 42.0 Å². The molecule has 2 aromatic carbocycles. The first-order valence-electron chi connectivity index (χ1n) is 7.80. The lowest BCUT2D eigenvalue weighted by Gasteiger charge is -2.09. The van der Waals surface area contributed by atoms with E-state index in [1.165, 1.54) is 6.26 Å². The molecule has 7 heteroatoms. The summed E-state index contributed by atoms with van der Waals surface area (Å²) in [6.45, 7) is 0.920. The molecule has 0 aromatic heterocycles. The Morgan fingerprint density at radius 2 is 1.84 bits per heavy atom. The van der Waals surface area contributed by atoms with Crippen molar-refractivity contribution in [2.45, 2.75) is 6.54 Å². The third-order valence-corrected chi connectivity index (χ3v) is 4.46. The first kappa shape index (κ1) is 19.0. The fourth-order valence-electron chi connectivity index (χ4n) is 2.19. The number of rotatable bonds is 8. The Bertz CT molecular complexity index is 817. The first-order chi connectivity index (χ1) is 11.9. The molecule has 0 saturated heterocycles. The second-order valence-electron chi connectivity index (χ2n) is 5.69. The number of anilines is 1. The maximum absolute atomic E-state index is 12.3. The van der Waals surface area contributed by atoms with Crippen LogP contribution in [0.4, 0.5) is 5.69 Å². The van der Waals surface area contributed by atoms with Gasteiger partial charge in [0.15, 0.2) is 0 Å². The highest BCUT2D eigenvalue weighted by Crippen LogP contribution is 2.15. The van der Waals surface area contributed by atoms with Gasteiger partial charge in [0.2, 0.25) is 0 Å². The van der Waals surface area contributed by atoms with Crippen LogP contribution in [0, 0.1) is 0 Å². The van der Waals surface area contributed by atoms with Gasteiger partial charge in [0.25, 0.3) is 5.91 Å². The van der Waals surface area contributed by atoms with E-state index in [1.807, 2.05) is 18.2 Å². The molecule has 0 heterocycles. The maximum Gasteiger partial charge on any atom is 0.255 e. The van der Waals surface area contributed by atoms with Gasteiger partial charge in [-0.15, -0.1) is 0 Å². The highest BCUT2D eigenvalue weighted by molar-refractivity contribution is 7.90. The molecule has 6 nitrogen and oxygen atoms in total. The van der Waals surface area contributed by atoms with Gasteiger partial charge >= 0.3 is 0 Å². The summed E-state index contributed by atoms with van der Waals surface area (Å²) in [6.07, 6.45) is 1.21. The van der Waals surface area contributed by atoms with Crippen molar-refractivity contribution in [3.8, 4) is 5.75 Å². The zero-order valence-corrected chi connectivity index (χ0v) is 15.1. The van der Waals surface area contributed by atoms with Gasteiger partial charge in [0.1, 0.15) is 15.6 Å². The average molecular weight is 362 g/mol. The number of hydrogen-bond acceptors (Lipinski definition) is 5. The number of benzene rings is 2. The summed E-state index contributed by atoms with van der Waals surface area (Å²) in [7, 11) is -1.39. The number of carbonyl (C=O) groups excluding carboxylic acids is 1. The van der Waals surface area contributed by atoms with Crippen molar-refractivity contribution < 1.29 is 17.9 Å². The molecule has 2 rings (SSSR count). The highest BCUT2D eigenvalue weighted by atomic mass is 32.2. The van der Waals surface area contributed by atoms with Crippen molar-refractivity contribution in [2.75, 3.05) is 31.0 Å². The number of ether oxygens (including phenoxy) is 1. The molecule has 0 fully saturated rings. The number of sulfone groups is 1. The van der Waals surface area contributed by atoms with Crippen LogP contribution >= 0.6 is 0 Å². The topological polar surface area (TPSA) is 84.5 Å². The summed E-state index contributed by atoms with van der Waals surface area (Å²) < 4.78 is 27.3. The van der Waals surface area contributed by atoms with Gasteiger partial charge in [-0.2, -0.15) is 0 Å². The van der Waals surface area contributed by atoms with E-state index < -0.39 is 9.84 Å². The molecule has 2 N–H and O–H groups in total. The van der Waals surface area contributed by atoms with E-state index in [0.29, 0.717) is 30.1 Å². The van der Waals surface area contributed by atoms with E-state index in [9.17, 15) is 13.2 Å². The molecule has 0 aliphatic rings. The molecular weight excluding hydrogens is 340 g/mol. The van der Waals surface area contributed by atoms with E-state index >= 15 is 0 Å². The fraction of sp³-hybridized carbons (Fsp3) is 0.278. The largest absolute Gasteiger partial charge is 0.497 e. The van der Waals surface area contributed by atoms with Gasteiger partial charge in [0, 0.05) is 30.6 Å². The van der Waals surface area contributed by atoms with E-state index in [4.69, 9.17) is 4.74 Å². The van der Waals surface area contributed by atoms with E-state index in [2.05, 4.69) is 10.6 Å². The van der Waals surface area contributed by atoms with Crippen molar-refractivity contribution in [1.82, 2.24) is 5.32 Å². The zero-order valence-electron chi connectivity index (χ0n) is 14.3. The maximum atomic E-state index is 12.3. The molecule has 0 unspecified atom stereocenters. The number of nitrogens with one attached hydrogen (secondary N) is 2. The molecule has 1 amide bonds. The number of amides is 1. The van der Waals surface area contributed by atoms with Crippen molar-refractivity contribution in [2.24, 2.45) is 0 Å². The Balaban J connectivity index is 1.92. The first-order valence-corrected chi connectivity index (χ1v) is 9.86. The van der Waals surface area contributed by atoms with Crippen LogP contribution in [-0.4, -0.2) is 40.0 Å². The second kappa shape index (κ2) is 8.64. The molecular formula is C18H22N2O4S. The van der Waals surface area contributed by atoms with E-state index in [1.54, 1.807) is 37.4 Å². The molecule has 0 aliphatic carbocycles. The lowest BCUT2D eigenvalue weighted by Crippen LogP contribution is -2.22. The smallest absolute Gasteiger partial charge is 0.255 e. The number of carbonyl (C=O) groups is 1. The van der Waals surface area contributed by atoms with Crippen molar-refractivity contribution in [1.29, 1.82) is 0 Å². The summed E-state index contributed by atoms with van der Waals surface area (Å²) in [6, 6.07) is 14.3. The quantitative estimate of drug-likeness (QED) is 0.703. The van der Waals surface area contributed by atoms with Crippen LogP contribution in [0.2, 0.25) is 0 Å². The van der Waals surface area contributed by atoms with Gasteiger partial charge in [-0.25, -0.2) is 8.42 Å². The SMILES string of the molecule is COc1ccc(C(=O)Nc2cccc(CNCCS(C)(=O)=O)c2)cc1. The normalized spacial score (nSPS) is 11.1. The summed E-state index contributed by atoms with van der Waals surface area (Å²) in [5, 5.41) is 5.92. The van der Waals surface area contributed by atoms with E-state index in [-0.39, 0.29) is 11.7 Å². The Morgan fingerprint density at radius 3 is 2.48 bits per heavy atom. The fourth-order valence-corrected chi connectivity index (χ4v) is 2.71. The van der Waals surface area contributed by atoms with Crippen LogP contribution in [0.1, 0.15) is 15.9 Å². The summed E-state index contributed by atoms with van der Waals surface area (Å²) in [4.78, 5) is 12.3. The second-order valence-corrected chi connectivity index (χ2v) is 7.95. The third kappa shape index (κ3) is 6.56. The van der Waals surface area contributed by atoms with Crippen molar-refractivity contribution >= 4 is 21.4 Å². The summed E-state index contributed by atoms with van der Waals surface area (Å²) in [5.74, 6) is 0.588. The number of hydrogen-bond donors (Lipinski definition) is 2. The molecule has 134 valence electrons. The Morgan fingerprint density at radius 1 is 1.12 bits per heavy atom. The van der Waals surface area contributed by atoms with Gasteiger partial charge in [0.05, 0.1) is 12.9 Å². The van der Waals surface area contributed by atoms with E-state index in [0.717, 1.165) is 5.56 Å². The molecule has 25 heavy (non-hydrogen) atoms. The Kier molecular flexibility index (Phi) is 6.55. The minimum atomic E-state index is -2.97. The van der Waals surface area contributed by atoms with Gasteiger partial charge in [-0.3, -0.25) is 4.79 Å². The lowest BCUT2D eigenvalue weighted by molar-refractivity contribution is 0.102. The number of methoxy groups -OCH3 is 1. The summed E-state index contributed by atoms with van der Waals surface area (Å²) in [5.41, 5.74) is 2.18. The van der Waals surface area contributed by atoms with Gasteiger partial charge in [-0.1, -0.05) is 12.1 Å². The standard InChI is InChI=1S/C18H22N2O4S/c1-24-17-8-6-15(7-9-17)18(21)20-16-5-3-4-14(12-16)13-19-10-11-25(2,22)23/h3-9,12,19H,10-11,13H2,1-2H3,(H,20,21). The monoisotopic (exact) mass is 362 g/mol. The minimum Gasteiger partial charge on any atom is -0.497 e. The average Bonchev–Trinajstić information content (AvgIpc) is 2.58. The molecule has 0 spiro atoms.